The van der Waals surface area contributed by atoms with Gasteiger partial charge in [0.05, 0.1) is 5.52 Å². The van der Waals surface area contributed by atoms with Crippen molar-refractivity contribution in [3.63, 3.8) is 0 Å². The molecule has 1 fully saturated rings. The maximum Gasteiger partial charge on any atom is 0.419 e. The van der Waals surface area contributed by atoms with E-state index in [2.05, 4.69) is 10.2 Å². The van der Waals surface area contributed by atoms with Gasteiger partial charge in [0.2, 0.25) is 0 Å². The van der Waals surface area contributed by atoms with Crippen molar-refractivity contribution >= 4 is 16.9 Å². The molecule has 0 radical (unpaired) electrons. The van der Waals surface area contributed by atoms with Crippen LogP contribution in [0.3, 0.4) is 0 Å². The minimum absolute atomic E-state index is 0.239. The van der Waals surface area contributed by atoms with E-state index in [0.29, 0.717) is 24.5 Å². The first-order chi connectivity index (χ1) is 13.3. The van der Waals surface area contributed by atoms with E-state index < -0.39 is 0 Å². The third-order valence-electron chi connectivity index (χ3n) is 5.46. The van der Waals surface area contributed by atoms with Gasteiger partial charge in [0.15, 0.2) is 5.58 Å². The summed E-state index contributed by atoms with van der Waals surface area (Å²) in [5.41, 5.74) is 1.79. The first-order valence-corrected chi connectivity index (χ1v) is 9.19. The van der Waals surface area contributed by atoms with Crippen molar-refractivity contribution in [2.45, 2.75) is 19.0 Å². The van der Waals surface area contributed by atoms with Gasteiger partial charge in [-0.15, -0.1) is 0 Å². The number of oxazole rings is 1. The number of fused-ring (bicyclic) bond motifs is 1. The summed E-state index contributed by atoms with van der Waals surface area (Å²) in [6, 6.07) is 7.45. The monoisotopic (exact) mass is 385 g/mol. The van der Waals surface area contributed by atoms with Gasteiger partial charge in [0.25, 0.3) is 5.56 Å². The van der Waals surface area contributed by atoms with Crippen molar-refractivity contribution in [2.24, 2.45) is 21.1 Å². The minimum atomic E-state index is -0.369. The normalized spacial score (nSPS) is 17.0. The van der Waals surface area contributed by atoms with Crippen LogP contribution in [0.5, 0.6) is 0 Å². The molecule has 0 unspecified atom stereocenters. The average Bonchev–Trinajstić information content (AvgIpc) is 3.26. The van der Waals surface area contributed by atoms with Crippen LogP contribution in [-0.4, -0.2) is 32.8 Å². The number of nitrogens with zero attached hydrogens (tertiary/aromatic N) is 4. The van der Waals surface area contributed by atoms with Gasteiger partial charge in [0.1, 0.15) is 5.82 Å². The fourth-order valence-electron chi connectivity index (χ4n) is 3.70. The number of nitrogens with one attached hydrogen (secondary N) is 1. The molecule has 1 atom stereocenters. The van der Waals surface area contributed by atoms with E-state index >= 15 is 0 Å². The third-order valence-corrected chi connectivity index (χ3v) is 5.46. The minimum Gasteiger partial charge on any atom is -0.408 e. The summed E-state index contributed by atoms with van der Waals surface area (Å²) < 4.78 is 9.27. The van der Waals surface area contributed by atoms with E-state index in [9.17, 15) is 14.4 Å². The smallest absolute Gasteiger partial charge is 0.408 e. The lowest BCUT2D eigenvalue weighted by Gasteiger charge is -2.21. The summed E-state index contributed by atoms with van der Waals surface area (Å²) in [5, 5.41) is 3.52. The molecule has 1 aliphatic heterocycles. The maximum absolute atomic E-state index is 12.1. The summed E-state index contributed by atoms with van der Waals surface area (Å²) in [6.45, 7) is 2.14. The zero-order valence-electron chi connectivity index (χ0n) is 16.1. The van der Waals surface area contributed by atoms with Crippen LogP contribution in [0.15, 0.2) is 43.1 Å². The lowest BCUT2D eigenvalue weighted by Crippen LogP contribution is -2.40. The highest BCUT2D eigenvalue weighted by Gasteiger charge is 2.24. The zero-order valence-corrected chi connectivity index (χ0v) is 16.1. The number of rotatable bonds is 4. The van der Waals surface area contributed by atoms with Crippen LogP contribution >= 0.6 is 0 Å². The molecule has 0 aliphatic carbocycles. The second kappa shape index (κ2) is 6.83. The Hall–Kier alpha value is -3.07. The molecular formula is C19H23N5O4. The topological polar surface area (TPSA) is 94.4 Å². The Kier molecular flexibility index (Phi) is 4.46. The first kappa shape index (κ1) is 18.3. The number of benzene rings is 1. The van der Waals surface area contributed by atoms with Crippen LogP contribution in [0, 0.1) is 0 Å². The van der Waals surface area contributed by atoms with Gasteiger partial charge in [-0.25, -0.2) is 9.59 Å². The fourth-order valence-corrected chi connectivity index (χ4v) is 3.70. The van der Waals surface area contributed by atoms with Crippen LogP contribution in [0.2, 0.25) is 0 Å². The van der Waals surface area contributed by atoms with E-state index in [1.807, 2.05) is 18.2 Å². The molecule has 148 valence electrons. The highest BCUT2D eigenvalue weighted by Crippen LogP contribution is 2.18. The van der Waals surface area contributed by atoms with Gasteiger partial charge in [-0.05, 0) is 24.1 Å². The van der Waals surface area contributed by atoms with Crippen molar-refractivity contribution in [1.29, 1.82) is 0 Å². The molecule has 28 heavy (non-hydrogen) atoms. The molecule has 1 aliphatic rings. The molecule has 1 N–H and O–H groups in total. The largest absolute Gasteiger partial charge is 0.419 e. The van der Waals surface area contributed by atoms with Gasteiger partial charge in [-0.2, -0.15) is 0 Å². The fraction of sp³-hybridized carbons (Fsp3) is 0.421. The van der Waals surface area contributed by atoms with Crippen LogP contribution in [0.25, 0.3) is 11.1 Å². The molecule has 2 aromatic heterocycles. The van der Waals surface area contributed by atoms with Crippen LogP contribution < -0.4 is 27.2 Å². The Morgan fingerprint density at radius 3 is 2.64 bits per heavy atom. The summed E-state index contributed by atoms with van der Waals surface area (Å²) in [4.78, 5) is 37.8. The van der Waals surface area contributed by atoms with Crippen LogP contribution in [0.4, 0.5) is 5.82 Å². The summed E-state index contributed by atoms with van der Waals surface area (Å²) in [5.74, 6) is 0.276. The molecule has 0 bridgehead atoms. The van der Waals surface area contributed by atoms with Crippen molar-refractivity contribution < 1.29 is 4.42 Å². The molecule has 1 saturated heterocycles. The molecule has 3 heterocycles. The second-order valence-corrected chi connectivity index (χ2v) is 7.28. The predicted molar refractivity (Wildman–Crippen MR) is 106 cm³/mol. The Morgan fingerprint density at radius 2 is 1.86 bits per heavy atom. The van der Waals surface area contributed by atoms with Gasteiger partial charge in [0, 0.05) is 52.9 Å². The van der Waals surface area contributed by atoms with Crippen LogP contribution in [-0.2, 0) is 27.7 Å². The predicted octanol–water partition coefficient (Wildman–Crippen LogP) is -0.103. The first-order valence-electron chi connectivity index (χ1n) is 9.19. The molecule has 9 nitrogen and oxygen atoms in total. The molecule has 4 rings (SSSR count). The lowest BCUT2D eigenvalue weighted by atomic mass is 10.2. The van der Waals surface area contributed by atoms with Crippen molar-refractivity contribution in [3.05, 3.63) is 61.2 Å². The zero-order chi connectivity index (χ0) is 20.0. The number of aryl methyl sites for hydroxylation is 1. The molecular weight excluding hydrogens is 362 g/mol. The summed E-state index contributed by atoms with van der Waals surface area (Å²) in [7, 11) is 4.85. The van der Waals surface area contributed by atoms with E-state index in [1.165, 1.54) is 22.2 Å². The van der Waals surface area contributed by atoms with E-state index in [1.54, 1.807) is 14.1 Å². The van der Waals surface area contributed by atoms with E-state index in [0.717, 1.165) is 28.6 Å². The highest BCUT2D eigenvalue weighted by atomic mass is 16.4. The standard InChI is InChI=1S/C19H23N5O4/c1-21-14-8-12(4-5-15(14)28-19(21)27)10-20-13-6-7-24(11-13)16-9-17(25)23(3)18(26)22(16)2/h4-5,8-9,13,20H,6-7,10-11H2,1-3H3/t13-/m1/s1. The molecule has 0 amide bonds. The van der Waals surface area contributed by atoms with Gasteiger partial charge in [-0.3, -0.25) is 18.5 Å². The number of aromatic nitrogens is 3. The van der Waals surface area contributed by atoms with Crippen molar-refractivity contribution in [2.75, 3.05) is 18.0 Å². The number of hydrogen-bond acceptors (Lipinski definition) is 6. The van der Waals surface area contributed by atoms with Crippen molar-refractivity contribution in [3.8, 4) is 0 Å². The Morgan fingerprint density at radius 1 is 1.07 bits per heavy atom. The Balaban J connectivity index is 1.46. The quantitative estimate of drug-likeness (QED) is 0.674. The Labute approximate surface area is 160 Å². The number of anilines is 1. The molecule has 1 aromatic carbocycles. The van der Waals surface area contributed by atoms with Gasteiger partial charge >= 0.3 is 11.4 Å². The molecule has 3 aromatic rings. The Bertz CT molecular complexity index is 1220. The third kappa shape index (κ3) is 3.07. The van der Waals surface area contributed by atoms with Gasteiger partial charge in [-0.1, -0.05) is 6.07 Å². The molecule has 0 saturated carbocycles. The highest BCUT2D eigenvalue weighted by molar-refractivity contribution is 5.73. The molecule has 9 heteroatoms. The van der Waals surface area contributed by atoms with E-state index in [-0.39, 0.29) is 23.0 Å². The SMILES string of the molecule is Cn1c(N2CC[C@@H](NCc3ccc4oc(=O)n(C)c4c3)C2)cc(=O)n(C)c1=O. The van der Waals surface area contributed by atoms with E-state index in [4.69, 9.17) is 4.42 Å². The molecule has 0 spiro atoms. The summed E-state index contributed by atoms with van der Waals surface area (Å²) >= 11 is 0. The summed E-state index contributed by atoms with van der Waals surface area (Å²) in [6.07, 6.45) is 0.913. The average molecular weight is 385 g/mol. The lowest BCUT2D eigenvalue weighted by molar-refractivity contribution is 0.528. The van der Waals surface area contributed by atoms with Crippen molar-refractivity contribution in [1.82, 2.24) is 19.0 Å². The second-order valence-electron chi connectivity index (χ2n) is 7.28. The maximum atomic E-state index is 12.1. The number of hydrogen-bond donors (Lipinski definition) is 1. The van der Waals surface area contributed by atoms with Gasteiger partial charge < -0.3 is 14.6 Å². The van der Waals surface area contributed by atoms with Crippen LogP contribution in [0.1, 0.15) is 12.0 Å².